The van der Waals surface area contributed by atoms with Crippen LogP contribution in [0, 0.1) is 0 Å². The van der Waals surface area contributed by atoms with E-state index in [9.17, 15) is 9.59 Å². The summed E-state index contributed by atoms with van der Waals surface area (Å²) >= 11 is 0. The number of aromatic nitrogens is 1. The zero-order valence-electron chi connectivity index (χ0n) is 8.28. The number of hydrogen-bond donors (Lipinski definition) is 1. The lowest BCUT2D eigenvalue weighted by atomic mass is 10.1. The van der Waals surface area contributed by atoms with Crippen molar-refractivity contribution >= 4 is 5.97 Å². The molecule has 0 aromatic carbocycles. The molecule has 1 aromatic rings. The third-order valence-electron chi connectivity index (χ3n) is 2.18. The average Bonchev–Trinajstić information content (AvgIpc) is 2.16. The SMILES string of the molecule is CCc1c(C(=O)O)c(=O)ccn1CC. The van der Waals surface area contributed by atoms with Crippen molar-refractivity contribution in [1.82, 2.24) is 4.57 Å². The van der Waals surface area contributed by atoms with Gasteiger partial charge in [-0.2, -0.15) is 0 Å². The highest BCUT2D eigenvalue weighted by Gasteiger charge is 2.15. The molecule has 4 nitrogen and oxygen atoms in total. The van der Waals surface area contributed by atoms with E-state index < -0.39 is 11.4 Å². The zero-order valence-corrected chi connectivity index (χ0v) is 8.28. The van der Waals surface area contributed by atoms with Crippen molar-refractivity contribution in [2.45, 2.75) is 26.8 Å². The van der Waals surface area contributed by atoms with Crippen molar-refractivity contribution in [3.05, 3.63) is 33.7 Å². The van der Waals surface area contributed by atoms with E-state index in [0.717, 1.165) is 0 Å². The van der Waals surface area contributed by atoms with Crippen LogP contribution in [-0.2, 0) is 13.0 Å². The highest BCUT2D eigenvalue weighted by Crippen LogP contribution is 2.05. The van der Waals surface area contributed by atoms with Gasteiger partial charge in [0.1, 0.15) is 5.56 Å². The van der Waals surface area contributed by atoms with Gasteiger partial charge in [-0.05, 0) is 13.3 Å². The number of pyridine rings is 1. The lowest BCUT2D eigenvalue weighted by molar-refractivity contribution is 0.0693. The van der Waals surface area contributed by atoms with E-state index in [-0.39, 0.29) is 5.56 Å². The summed E-state index contributed by atoms with van der Waals surface area (Å²) in [5, 5.41) is 8.88. The summed E-state index contributed by atoms with van der Waals surface area (Å²) < 4.78 is 1.78. The maximum atomic E-state index is 11.3. The molecule has 0 amide bonds. The molecule has 76 valence electrons. The third kappa shape index (κ3) is 1.69. The van der Waals surface area contributed by atoms with E-state index in [0.29, 0.717) is 18.7 Å². The van der Waals surface area contributed by atoms with Crippen LogP contribution in [0.4, 0.5) is 0 Å². The molecule has 14 heavy (non-hydrogen) atoms. The number of carbonyl (C=O) groups is 1. The minimum Gasteiger partial charge on any atom is -0.477 e. The Hall–Kier alpha value is -1.58. The minimum absolute atomic E-state index is 0.100. The van der Waals surface area contributed by atoms with Gasteiger partial charge >= 0.3 is 5.97 Å². The van der Waals surface area contributed by atoms with Crippen LogP contribution in [-0.4, -0.2) is 15.6 Å². The van der Waals surface area contributed by atoms with Crippen LogP contribution in [0.2, 0.25) is 0 Å². The molecule has 0 saturated carbocycles. The van der Waals surface area contributed by atoms with Gasteiger partial charge in [-0.3, -0.25) is 4.79 Å². The number of carboxylic acids is 1. The zero-order chi connectivity index (χ0) is 10.7. The normalized spacial score (nSPS) is 10.1. The third-order valence-corrected chi connectivity index (χ3v) is 2.18. The Morgan fingerprint density at radius 2 is 2.14 bits per heavy atom. The van der Waals surface area contributed by atoms with E-state index in [1.54, 1.807) is 10.8 Å². The Balaban J connectivity index is 3.51. The second-order valence-electron chi connectivity index (χ2n) is 2.95. The van der Waals surface area contributed by atoms with Gasteiger partial charge in [0.05, 0.1) is 0 Å². The van der Waals surface area contributed by atoms with Gasteiger partial charge in [0.15, 0.2) is 5.43 Å². The summed E-state index contributed by atoms with van der Waals surface area (Å²) in [6, 6.07) is 1.30. The maximum Gasteiger partial charge on any atom is 0.341 e. The van der Waals surface area contributed by atoms with Crippen molar-refractivity contribution in [3.63, 3.8) is 0 Å². The van der Waals surface area contributed by atoms with Crippen LogP contribution >= 0.6 is 0 Å². The molecule has 1 heterocycles. The van der Waals surface area contributed by atoms with Crippen LogP contribution in [0.15, 0.2) is 17.1 Å². The first-order valence-electron chi connectivity index (χ1n) is 4.57. The Morgan fingerprint density at radius 1 is 1.50 bits per heavy atom. The monoisotopic (exact) mass is 195 g/mol. The molecule has 0 saturated heterocycles. The maximum absolute atomic E-state index is 11.3. The predicted molar refractivity (Wildman–Crippen MR) is 52.7 cm³/mol. The molecule has 0 radical (unpaired) electrons. The predicted octanol–water partition coefficient (Wildman–Crippen LogP) is 1.13. The van der Waals surface area contributed by atoms with Gasteiger partial charge in [-0.25, -0.2) is 4.79 Å². The van der Waals surface area contributed by atoms with Crippen LogP contribution in [0.5, 0.6) is 0 Å². The second kappa shape index (κ2) is 4.09. The fraction of sp³-hybridized carbons (Fsp3) is 0.400. The van der Waals surface area contributed by atoms with E-state index in [4.69, 9.17) is 5.11 Å². The van der Waals surface area contributed by atoms with Gasteiger partial charge in [-0.15, -0.1) is 0 Å². The second-order valence-corrected chi connectivity index (χ2v) is 2.95. The number of nitrogens with zero attached hydrogens (tertiary/aromatic N) is 1. The number of carboxylic acid groups (broad SMARTS) is 1. The molecule has 4 heteroatoms. The highest BCUT2D eigenvalue weighted by atomic mass is 16.4. The largest absolute Gasteiger partial charge is 0.477 e. The molecule has 1 aromatic heterocycles. The molecule has 0 atom stereocenters. The minimum atomic E-state index is -1.14. The molecule has 1 N–H and O–H groups in total. The van der Waals surface area contributed by atoms with E-state index in [1.165, 1.54) is 6.07 Å². The molecular formula is C10H13NO3. The van der Waals surface area contributed by atoms with Crippen LogP contribution in [0.1, 0.15) is 29.9 Å². The summed E-state index contributed by atoms with van der Waals surface area (Å²) in [4.78, 5) is 22.2. The van der Waals surface area contributed by atoms with Crippen LogP contribution in [0.25, 0.3) is 0 Å². The van der Waals surface area contributed by atoms with Gasteiger partial charge in [0, 0.05) is 24.5 Å². The summed E-state index contributed by atoms with van der Waals surface area (Å²) in [5.74, 6) is -1.14. The molecule has 0 aliphatic heterocycles. The topological polar surface area (TPSA) is 59.3 Å². The molecule has 0 spiro atoms. The fourth-order valence-corrected chi connectivity index (χ4v) is 1.52. The van der Waals surface area contributed by atoms with Crippen molar-refractivity contribution in [3.8, 4) is 0 Å². The number of aryl methyl sites for hydroxylation is 1. The van der Waals surface area contributed by atoms with Gasteiger partial charge in [-0.1, -0.05) is 6.92 Å². The number of aromatic carboxylic acids is 1. The number of hydrogen-bond acceptors (Lipinski definition) is 2. The van der Waals surface area contributed by atoms with Gasteiger partial charge in [0.25, 0.3) is 0 Å². The molecule has 0 unspecified atom stereocenters. The van der Waals surface area contributed by atoms with Crippen molar-refractivity contribution in [2.24, 2.45) is 0 Å². The summed E-state index contributed by atoms with van der Waals surface area (Å²) in [6.45, 7) is 4.42. The fourth-order valence-electron chi connectivity index (χ4n) is 1.52. The molecule has 0 aliphatic carbocycles. The van der Waals surface area contributed by atoms with E-state index >= 15 is 0 Å². The molecule has 0 bridgehead atoms. The van der Waals surface area contributed by atoms with Crippen LogP contribution in [0.3, 0.4) is 0 Å². The quantitative estimate of drug-likeness (QED) is 0.786. The first-order valence-corrected chi connectivity index (χ1v) is 4.57. The number of rotatable bonds is 3. The Morgan fingerprint density at radius 3 is 2.57 bits per heavy atom. The molecular weight excluding hydrogens is 182 g/mol. The first-order chi connectivity index (χ1) is 6.61. The molecule has 0 fully saturated rings. The standard InChI is InChI=1S/C10H13NO3/c1-3-7-9(10(13)14)8(12)5-6-11(7)4-2/h5-6H,3-4H2,1-2H3,(H,13,14). The van der Waals surface area contributed by atoms with Crippen LogP contribution < -0.4 is 5.43 Å². The van der Waals surface area contributed by atoms with Crippen molar-refractivity contribution in [2.75, 3.05) is 0 Å². The smallest absolute Gasteiger partial charge is 0.341 e. The van der Waals surface area contributed by atoms with Crippen molar-refractivity contribution in [1.29, 1.82) is 0 Å². The lowest BCUT2D eigenvalue weighted by Gasteiger charge is -2.11. The van der Waals surface area contributed by atoms with Gasteiger partial charge < -0.3 is 9.67 Å². The highest BCUT2D eigenvalue weighted by molar-refractivity contribution is 5.88. The lowest BCUT2D eigenvalue weighted by Crippen LogP contribution is -2.21. The Labute approximate surface area is 81.8 Å². The molecule has 0 aliphatic rings. The van der Waals surface area contributed by atoms with Gasteiger partial charge in [0.2, 0.25) is 0 Å². The first kappa shape index (κ1) is 10.5. The van der Waals surface area contributed by atoms with E-state index in [1.807, 2.05) is 13.8 Å². The Kier molecular flexibility index (Phi) is 3.06. The molecule has 1 rings (SSSR count). The van der Waals surface area contributed by atoms with Crippen molar-refractivity contribution < 1.29 is 9.90 Å². The average molecular weight is 195 g/mol. The summed E-state index contributed by atoms with van der Waals surface area (Å²) in [6.07, 6.45) is 2.18. The summed E-state index contributed by atoms with van der Waals surface area (Å²) in [5.41, 5.74) is 0.0726. The van der Waals surface area contributed by atoms with E-state index in [2.05, 4.69) is 0 Å². The Bertz CT molecular complexity index is 406. The summed E-state index contributed by atoms with van der Waals surface area (Å²) in [7, 11) is 0.